The molecule has 6 heteroatoms. The van der Waals surface area contributed by atoms with E-state index >= 15 is 0 Å². The summed E-state index contributed by atoms with van der Waals surface area (Å²) in [7, 11) is 1.61. The predicted octanol–water partition coefficient (Wildman–Crippen LogP) is 1.26. The lowest BCUT2D eigenvalue weighted by Crippen LogP contribution is -2.22. The average Bonchev–Trinajstić information content (AvgIpc) is 2.72. The molecule has 0 saturated carbocycles. The predicted molar refractivity (Wildman–Crippen MR) is 72.3 cm³/mol. The number of nitrogens with zero attached hydrogens (tertiary/aromatic N) is 4. The maximum absolute atomic E-state index is 12.1. The molecule has 0 aliphatic carbocycles. The van der Waals surface area contributed by atoms with Gasteiger partial charge in [-0.25, -0.2) is 14.0 Å². The van der Waals surface area contributed by atoms with Crippen LogP contribution in [0.2, 0.25) is 0 Å². The Morgan fingerprint density at radius 1 is 1.37 bits per heavy atom. The van der Waals surface area contributed by atoms with Crippen LogP contribution in [0.25, 0.3) is 5.69 Å². The molecule has 0 radical (unpaired) electrons. The monoisotopic (exact) mass is 257 g/mol. The molecular formula is C13H15N5O. The van der Waals surface area contributed by atoms with Gasteiger partial charge in [0.25, 0.3) is 0 Å². The first-order chi connectivity index (χ1) is 9.17. The van der Waals surface area contributed by atoms with Crippen LogP contribution in [0.1, 0.15) is 18.9 Å². The van der Waals surface area contributed by atoms with Crippen molar-refractivity contribution < 1.29 is 0 Å². The Hall–Kier alpha value is -2.55. The van der Waals surface area contributed by atoms with Gasteiger partial charge >= 0.3 is 5.69 Å². The molecule has 2 aromatic rings. The molecule has 0 aliphatic rings. The zero-order valence-corrected chi connectivity index (χ0v) is 10.9. The number of benzene rings is 1. The van der Waals surface area contributed by atoms with Gasteiger partial charge in [0.1, 0.15) is 0 Å². The highest BCUT2D eigenvalue weighted by Crippen LogP contribution is 2.12. The van der Waals surface area contributed by atoms with Crippen LogP contribution in [0.15, 0.2) is 29.1 Å². The van der Waals surface area contributed by atoms with E-state index in [1.807, 2.05) is 6.92 Å². The molecule has 98 valence electrons. The van der Waals surface area contributed by atoms with Gasteiger partial charge in [-0.2, -0.15) is 5.26 Å². The Balaban J connectivity index is 2.47. The van der Waals surface area contributed by atoms with Gasteiger partial charge in [0.2, 0.25) is 5.95 Å². The van der Waals surface area contributed by atoms with Crippen LogP contribution in [-0.2, 0) is 7.05 Å². The molecule has 1 N–H and O–H groups in total. The van der Waals surface area contributed by atoms with Gasteiger partial charge in [0, 0.05) is 13.6 Å². The van der Waals surface area contributed by atoms with Gasteiger partial charge in [-0.05, 0) is 30.7 Å². The largest absolute Gasteiger partial charge is 0.354 e. The summed E-state index contributed by atoms with van der Waals surface area (Å²) in [6, 6.07) is 8.88. The Morgan fingerprint density at radius 3 is 2.63 bits per heavy atom. The van der Waals surface area contributed by atoms with Crippen LogP contribution in [0.3, 0.4) is 0 Å². The quantitative estimate of drug-likeness (QED) is 0.894. The lowest BCUT2D eigenvalue weighted by Gasteiger charge is -2.06. The Kier molecular flexibility index (Phi) is 3.66. The standard InChI is InChI=1S/C13H15N5O/c1-3-8-15-12-16-17(2)13(19)18(12)11-6-4-10(9-14)5-7-11/h4-7H,3,8H2,1-2H3,(H,15,16). The number of aromatic nitrogens is 3. The van der Waals surface area contributed by atoms with Crippen molar-refractivity contribution in [1.29, 1.82) is 5.26 Å². The second-order valence-electron chi connectivity index (χ2n) is 4.15. The molecule has 0 atom stereocenters. The summed E-state index contributed by atoms with van der Waals surface area (Å²) in [6.45, 7) is 2.78. The topological polar surface area (TPSA) is 75.6 Å². The van der Waals surface area contributed by atoms with E-state index in [9.17, 15) is 4.79 Å². The summed E-state index contributed by atoms with van der Waals surface area (Å²) in [6.07, 6.45) is 0.943. The number of aryl methyl sites for hydroxylation is 1. The van der Waals surface area contributed by atoms with E-state index in [0.29, 0.717) is 17.2 Å². The summed E-state index contributed by atoms with van der Waals surface area (Å²) < 4.78 is 2.78. The van der Waals surface area contributed by atoms with Crippen LogP contribution in [0, 0.1) is 11.3 Å². The normalized spacial score (nSPS) is 10.2. The fourth-order valence-corrected chi connectivity index (χ4v) is 1.73. The minimum absolute atomic E-state index is 0.219. The minimum atomic E-state index is -0.219. The molecule has 6 nitrogen and oxygen atoms in total. The lowest BCUT2D eigenvalue weighted by molar-refractivity contribution is 0.726. The van der Waals surface area contributed by atoms with Crippen molar-refractivity contribution in [2.75, 3.05) is 11.9 Å². The Labute approximate surface area is 110 Å². The number of rotatable bonds is 4. The van der Waals surface area contributed by atoms with Crippen LogP contribution >= 0.6 is 0 Å². The maximum Gasteiger partial charge on any atom is 0.351 e. The molecule has 0 amide bonds. The third-order valence-electron chi connectivity index (χ3n) is 2.71. The molecule has 0 fully saturated rings. The van der Waals surface area contributed by atoms with Gasteiger partial charge in [0.05, 0.1) is 17.3 Å². The fourth-order valence-electron chi connectivity index (χ4n) is 1.73. The van der Waals surface area contributed by atoms with Gasteiger partial charge in [-0.1, -0.05) is 6.92 Å². The van der Waals surface area contributed by atoms with Crippen molar-refractivity contribution in [3.8, 4) is 11.8 Å². The number of hydrogen-bond acceptors (Lipinski definition) is 4. The summed E-state index contributed by atoms with van der Waals surface area (Å²) in [5, 5.41) is 16.1. The minimum Gasteiger partial charge on any atom is -0.354 e. The van der Waals surface area contributed by atoms with E-state index < -0.39 is 0 Å². The molecule has 1 heterocycles. The van der Waals surface area contributed by atoms with E-state index in [0.717, 1.165) is 13.0 Å². The van der Waals surface area contributed by atoms with Crippen molar-refractivity contribution in [2.24, 2.45) is 7.05 Å². The summed E-state index contributed by atoms with van der Waals surface area (Å²) in [4.78, 5) is 12.1. The average molecular weight is 257 g/mol. The van der Waals surface area contributed by atoms with Crippen molar-refractivity contribution in [3.05, 3.63) is 40.3 Å². The maximum atomic E-state index is 12.1. The molecule has 0 spiro atoms. The Bertz CT molecular complexity index is 660. The van der Waals surface area contributed by atoms with E-state index in [1.54, 1.807) is 31.3 Å². The number of nitriles is 1. The first-order valence-corrected chi connectivity index (χ1v) is 6.08. The van der Waals surface area contributed by atoms with E-state index in [2.05, 4.69) is 16.5 Å². The highest BCUT2D eigenvalue weighted by Gasteiger charge is 2.12. The Morgan fingerprint density at radius 2 is 2.05 bits per heavy atom. The lowest BCUT2D eigenvalue weighted by atomic mass is 10.2. The van der Waals surface area contributed by atoms with E-state index in [-0.39, 0.29) is 5.69 Å². The van der Waals surface area contributed by atoms with Gasteiger partial charge in [-0.3, -0.25) is 0 Å². The third kappa shape index (κ3) is 2.50. The number of nitrogens with one attached hydrogen (secondary N) is 1. The van der Waals surface area contributed by atoms with Crippen molar-refractivity contribution in [2.45, 2.75) is 13.3 Å². The molecule has 0 saturated heterocycles. The molecule has 2 rings (SSSR count). The zero-order valence-electron chi connectivity index (χ0n) is 10.9. The SMILES string of the molecule is CCCNc1nn(C)c(=O)n1-c1ccc(C#N)cc1. The highest BCUT2D eigenvalue weighted by atomic mass is 16.2. The van der Waals surface area contributed by atoms with Crippen LogP contribution in [0.4, 0.5) is 5.95 Å². The summed E-state index contributed by atoms with van der Waals surface area (Å²) >= 11 is 0. The second kappa shape index (κ2) is 5.40. The zero-order chi connectivity index (χ0) is 13.8. The van der Waals surface area contributed by atoms with Crippen molar-refractivity contribution in [3.63, 3.8) is 0 Å². The van der Waals surface area contributed by atoms with Crippen LogP contribution in [0.5, 0.6) is 0 Å². The number of anilines is 1. The van der Waals surface area contributed by atoms with Crippen molar-refractivity contribution in [1.82, 2.24) is 14.3 Å². The highest BCUT2D eigenvalue weighted by molar-refractivity contribution is 5.44. The van der Waals surface area contributed by atoms with E-state index in [4.69, 9.17) is 5.26 Å². The smallest absolute Gasteiger partial charge is 0.351 e. The molecule has 19 heavy (non-hydrogen) atoms. The molecular weight excluding hydrogens is 242 g/mol. The molecule has 1 aromatic carbocycles. The molecule has 1 aromatic heterocycles. The summed E-state index contributed by atoms with van der Waals surface area (Å²) in [5.74, 6) is 0.513. The van der Waals surface area contributed by atoms with Crippen LogP contribution in [-0.4, -0.2) is 20.9 Å². The van der Waals surface area contributed by atoms with Gasteiger partial charge in [-0.15, -0.1) is 5.10 Å². The molecule has 0 bridgehead atoms. The second-order valence-corrected chi connectivity index (χ2v) is 4.15. The van der Waals surface area contributed by atoms with Gasteiger partial charge < -0.3 is 5.32 Å². The summed E-state index contributed by atoms with van der Waals surface area (Å²) in [5.41, 5.74) is 1.03. The van der Waals surface area contributed by atoms with Crippen molar-refractivity contribution >= 4 is 5.95 Å². The van der Waals surface area contributed by atoms with Gasteiger partial charge in [0.15, 0.2) is 0 Å². The molecule has 0 aliphatic heterocycles. The van der Waals surface area contributed by atoms with E-state index in [1.165, 1.54) is 9.25 Å². The first-order valence-electron chi connectivity index (χ1n) is 6.08. The van der Waals surface area contributed by atoms with Crippen LogP contribution < -0.4 is 11.0 Å². The fraction of sp³-hybridized carbons (Fsp3) is 0.308. The first kappa shape index (κ1) is 12.9. The third-order valence-corrected chi connectivity index (χ3v) is 2.71. The molecule has 0 unspecified atom stereocenters. The number of hydrogen-bond donors (Lipinski definition) is 1.